The van der Waals surface area contributed by atoms with Crippen molar-refractivity contribution < 1.29 is 9.90 Å². The molecule has 2 aliphatic carbocycles. The summed E-state index contributed by atoms with van der Waals surface area (Å²) in [6.45, 7) is 1.02. The molecule has 0 spiro atoms. The molecule has 0 atom stereocenters. The molecule has 20 heavy (non-hydrogen) atoms. The Kier molecular flexibility index (Phi) is 6.64. The Hall–Kier alpha value is -0.770. The Morgan fingerprint density at radius 3 is 2.25 bits per heavy atom. The van der Waals surface area contributed by atoms with E-state index in [0.29, 0.717) is 12.1 Å². The van der Waals surface area contributed by atoms with Crippen LogP contribution in [0.5, 0.6) is 0 Å². The fraction of sp³-hybridized carbons (Fsp3) is 0.938. The van der Waals surface area contributed by atoms with Crippen LogP contribution >= 0.6 is 0 Å². The molecule has 0 aromatic carbocycles. The number of carbonyl (C=O) groups is 1. The smallest absolute Gasteiger partial charge is 0.317 e. The summed E-state index contributed by atoms with van der Waals surface area (Å²) in [6.07, 6.45) is 12.8. The molecule has 0 heterocycles. The maximum atomic E-state index is 12.4. The van der Waals surface area contributed by atoms with E-state index in [1.807, 2.05) is 4.90 Å². The van der Waals surface area contributed by atoms with E-state index in [1.54, 1.807) is 0 Å². The standard InChI is InChI=1S/C16H30N2O2/c19-13-7-6-12-18(15-10-11-15)16(20)17-14-8-4-2-1-3-5-9-14/h14-15,19H,1-13H2,(H,17,20). The highest BCUT2D eigenvalue weighted by molar-refractivity contribution is 5.75. The molecule has 2 fully saturated rings. The van der Waals surface area contributed by atoms with E-state index in [9.17, 15) is 4.79 Å². The van der Waals surface area contributed by atoms with Gasteiger partial charge in [0.05, 0.1) is 0 Å². The number of aliphatic hydroxyl groups is 1. The lowest BCUT2D eigenvalue weighted by Gasteiger charge is -2.27. The van der Waals surface area contributed by atoms with E-state index in [0.717, 1.165) is 45.1 Å². The predicted molar refractivity (Wildman–Crippen MR) is 80.7 cm³/mol. The zero-order chi connectivity index (χ0) is 14.2. The summed E-state index contributed by atoms with van der Waals surface area (Å²) in [5.41, 5.74) is 0. The summed E-state index contributed by atoms with van der Waals surface area (Å²) in [5.74, 6) is 0. The van der Waals surface area contributed by atoms with Gasteiger partial charge in [-0.25, -0.2) is 4.79 Å². The van der Waals surface area contributed by atoms with Crippen molar-refractivity contribution in [1.82, 2.24) is 10.2 Å². The first-order chi connectivity index (χ1) is 9.81. The average molecular weight is 282 g/mol. The maximum Gasteiger partial charge on any atom is 0.317 e. The molecule has 2 N–H and O–H groups in total. The van der Waals surface area contributed by atoms with Crippen molar-refractivity contribution in [3.8, 4) is 0 Å². The van der Waals surface area contributed by atoms with Crippen LogP contribution in [0.15, 0.2) is 0 Å². The van der Waals surface area contributed by atoms with Crippen molar-refractivity contribution >= 4 is 6.03 Å². The number of hydrogen-bond donors (Lipinski definition) is 2. The minimum atomic E-state index is 0.135. The van der Waals surface area contributed by atoms with E-state index >= 15 is 0 Å². The molecule has 0 aliphatic heterocycles. The van der Waals surface area contributed by atoms with Gasteiger partial charge in [-0.1, -0.05) is 32.1 Å². The molecule has 0 radical (unpaired) electrons. The van der Waals surface area contributed by atoms with E-state index in [4.69, 9.17) is 5.11 Å². The lowest BCUT2D eigenvalue weighted by molar-refractivity contribution is 0.184. The number of unbranched alkanes of at least 4 members (excludes halogenated alkanes) is 1. The van der Waals surface area contributed by atoms with Gasteiger partial charge < -0.3 is 15.3 Å². The monoisotopic (exact) mass is 282 g/mol. The van der Waals surface area contributed by atoms with Gasteiger partial charge >= 0.3 is 6.03 Å². The molecular formula is C16H30N2O2. The van der Waals surface area contributed by atoms with Gasteiger partial charge in [0, 0.05) is 25.2 Å². The minimum absolute atomic E-state index is 0.135. The van der Waals surface area contributed by atoms with Gasteiger partial charge in [-0.3, -0.25) is 0 Å². The third kappa shape index (κ3) is 5.31. The fourth-order valence-corrected chi connectivity index (χ4v) is 3.09. The molecule has 2 amide bonds. The van der Waals surface area contributed by atoms with Crippen LogP contribution in [0.1, 0.15) is 70.6 Å². The molecule has 4 heteroatoms. The fourth-order valence-electron chi connectivity index (χ4n) is 3.09. The van der Waals surface area contributed by atoms with Crippen LogP contribution in [0, 0.1) is 0 Å². The summed E-state index contributed by atoms with van der Waals surface area (Å²) in [4.78, 5) is 14.4. The second-order valence-corrected chi connectivity index (χ2v) is 6.35. The van der Waals surface area contributed by atoms with Crippen LogP contribution in [-0.2, 0) is 0 Å². The van der Waals surface area contributed by atoms with Crippen molar-refractivity contribution in [3.63, 3.8) is 0 Å². The molecule has 0 aromatic rings. The Balaban J connectivity index is 1.77. The molecule has 2 saturated carbocycles. The van der Waals surface area contributed by atoms with Crippen molar-refractivity contribution in [2.24, 2.45) is 0 Å². The van der Waals surface area contributed by atoms with E-state index in [1.165, 1.54) is 32.1 Å². The van der Waals surface area contributed by atoms with Crippen LogP contribution in [0.3, 0.4) is 0 Å². The SMILES string of the molecule is O=C(NC1CCCCCCC1)N(CCCCO)C1CC1. The van der Waals surface area contributed by atoms with E-state index in [2.05, 4.69) is 5.32 Å². The zero-order valence-corrected chi connectivity index (χ0v) is 12.6. The normalized spacial score (nSPS) is 21.1. The first kappa shape index (κ1) is 15.6. The van der Waals surface area contributed by atoms with Crippen molar-refractivity contribution in [2.75, 3.05) is 13.2 Å². The molecule has 0 aromatic heterocycles. The Morgan fingerprint density at radius 2 is 1.65 bits per heavy atom. The Bertz CT molecular complexity index is 284. The number of rotatable bonds is 6. The highest BCUT2D eigenvalue weighted by Crippen LogP contribution is 2.27. The van der Waals surface area contributed by atoms with Crippen molar-refractivity contribution in [3.05, 3.63) is 0 Å². The average Bonchev–Trinajstić information content (AvgIpc) is 3.22. The van der Waals surface area contributed by atoms with Gasteiger partial charge in [-0.05, 0) is 38.5 Å². The molecule has 116 valence electrons. The number of urea groups is 1. The van der Waals surface area contributed by atoms with E-state index < -0.39 is 0 Å². The Labute approximate surface area is 122 Å². The number of nitrogens with one attached hydrogen (secondary N) is 1. The van der Waals surface area contributed by atoms with Crippen LogP contribution in [0.2, 0.25) is 0 Å². The summed E-state index contributed by atoms with van der Waals surface area (Å²) in [6, 6.07) is 0.972. The van der Waals surface area contributed by atoms with Gasteiger partial charge in [-0.15, -0.1) is 0 Å². The summed E-state index contributed by atoms with van der Waals surface area (Å²) >= 11 is 0. The summed E-state index contributed by atoms with van der Waals surface area (Å²) in [7, 11) is 0. The van der Waals surface area contributed by atoms with Crippen molar-refractivity contribution in [2.45, 2.75) is 82.7 Å². The molecule has 0 bridgehead atoms. The van der Waals surface area contributed by atoms with Crippen LogP contribution in [-0.4, -0.2) is 41.3 Å². The summed E-state index contributed by atoms with van der Waals surface area (Å²) < 4.78 is 0. The molecule has 2 aliphatic rings. The highest BCUT2D eigenvalue weighted by Gasteiger charge is 2.32. The van der Waals surface area contributed by atoms with Crippen LogP contribution in [0.4, 0.5) is 4.79 Å². The molecule has 4 nitrogen and oxygen atoms in total. The minimum Gasteiger partial charge on any atom is -0.396 e. The first-order valence-electron chi connectivity index (χ1n) is 8.49. The van der Waals surface area contributed by atoms with Gasteiger partial charge in [-0.2, -0.15) is 0 Å². The molecule has 0 saturated heterocycles. The third-order valence-corrected chi connectivity index (χ3v) is 4.49. The number of nitrogens with zero attached hydrogens (tertiary/aromatic N) is 1. The van der Waals surface area contributed by atoms with Gasteiger partial charge in [0.25, 0.3) is 0 Å². The quantitative estimate of drug-likeness (QED) is 0.736. The zero-order valence-electron chi connectivity index (χ0n) is 12.6. The lowest BCUT2D eigenvalue weighted by Crippen LogP contribution is -2.46. The van der Waals surface area contributed by atoms with Gasteiger partial charge in [0.15, 0.2) is 0 Å². The first-order valence-corrected chi connectivity index (χ1v) is 8.49. The second-order valence-electron chi connectivity index (χ2n) is 6.35. The molecule has 0 unspecified atom stereocenters. The van der Waals surface area contributed by atoms with Gasteiger partial charge in [0.2, 0.25) is 0 Å². The topological polar surface area (TPSA) is 52.6 Å². The number of hydrogen-bond acceptors (Lipinski definition) is 2. The third-order valence-electron chi connectivity index (χ3n) is 4.49. The molecular weight excluding hydrogens is 252 g/mol. The van der Waals surface area contributed by atoms with Gasteiger partial charge in [0.1, 0.15) is 0 Å². The van der Waals surface area contributed by atoms with Crippen molar-refractivity contribution in [1.29, 1.82) is 0 Å². The molecule has 2 rings (SSSR count). The number of amides is 2. The Morgan fingerprint density at radius 1 is 1.00 bits per heavy atom. The number of carbonyl (C=O) groups excluding carboxylic acids is 1. The second kappa shape index (κ2) is 8.50. The lowest BCUT2D eigenvalue weighted by atomic mass is 9.97. The maximum absolute atomic E-state index is 12.4. The highest BCUT2D eigenvalue weighted by atomic mass is 16.3. The van der Waals surface area contributed by atoms with Crippen LogP contribution < -0.4 is 5.32 Å². The summed E-state index contributed by atoms with van der Waals surface area (Å²) in [5, 5.41) is 12.1. The van der Waals surface area contributed by atoms with Crippen LogP contribution in [0.25, 0.3) is 0 Å². The number of aliphatic hydroxyl groups excluding tert-OH is 1. The largest absolute Gasteiger partial charge is 0.396 e. The predicted octanol–water partition coefficient (Wildman–Crippen LogP) is 3.05. The van der Waals surface area contributed by atoms with E-state index in [-0.39, 0.29) is 12.6 Å².